The molecule has 0 fully saturated rings. The highest BCUT2D eigenvalue weighted by Crippen LogP contribution is 2.13. The van der Waals surface area contributed by atoms with E-state index in [1.54, 1.807) is 0 Å². The monoisotopic (exact) mass is 300 g/mol. The largest absolute Gasteiger partial charge is 0.479 e. The molecule has 3 nitrogen and oxygen atoms in total. The van der Waals surface area contributed by atoms with Crippen molar-refractivity contribution in [2.45, 2.75) is 109 Å². The average Bonchev–Trinajstić information content (AvgIpc) is 2.47. The van der Waals surface area contributed by atoms with E-state index in [9.17, 15) is 4.79 Å². The van der Waals surface area contributed by atoms with Gasteiger partial charge < -0.3 is 10.2 Å². The number of hydrogen-bond acceptors (Lipinski definition) is 2. The van der Waals surface area contributed by atoms with Gasteiger partial charge in [-0.3, -0.25) is 0 Å². The van der Waals surface area contributed by atoms with Gasteiger partial charge in [0, 0.05) is 0 Å². The molecule has 0 aromatic carbocycles. The van der Waals surface area contributed by atoms with Crippen molar-refractivity contribution in [1.29, 1.82) is 0 Å². The van der Waals surface area contributed by atoms with Crippen LogP contribution in [-0.2, 0) is 4.79 Å². The summed E-state index contributed by atoms with van der Waals surface area (Å²) in [5, 5.41) is 17.7. The molecule has 0 aromatic rings. The Labute approximate surface area is 131 Å². The molecule has 0 saturated heterocycles. The average molecular weight is 300 g/mol. The Morgan fingerprint density at radius 1 is 0.714 bits per heavy atom. The van der Waals surface area contributed by atoms with E-state index in [0.29, 0.717) is 6.42 Å². The van der Waals surface area contributed by atoms with Crippen LogP contribution in [0.1, 0.15) is 103 Å². The van der Waals surface area contributed by atoms with Gasteiger partial charge in [-0.15, -0.1) is 0 Å². The van der Waals surface area contributed by atoms with Crippen LogP contribution in [0, 0.1) is 0 Å². The van der Waals surface area contributed by atoms with Crippen LogP contribution in [0.4, 0.5) is 0 Å². The van der Waals surface area contributed by atoms with Crippen molar-refractivity contribution in [2.75, 3.05) is 0 Å². The maximum Gasteiger partial charge on any atom is 0.332 e. The molecule has 0 bridgehead atoms. The molecule has 0 heterocycles. The lowest BCUT2D eigenvalue weighted by molar-refractivity contribution is -0.146. The predicted octanol–water partition coefficient (Wildman–Crippen LogP) is 5.30. The first kappa shape index (κ1) is 20.4. The summed E-state index contributed by atoms with van der Waals surface area (Å²) in [6.45, 7) is 2.26. The summed E-state index contributed by atoms with van der Waals surface area (Å²) in [4.78, 5) is 10.4. The third kappa shape index (κ3) is 15.6. The zero-order valence-electron chi connectivity index (χ0n) is 14.0. The predicted molar refractivity (Wildman–Crippen MR) is 88.6 cm³/mol. The van der Waals surface area contributed by atoms with Crippen molar-refractivity contribution in [1.82, 2.24) is 0 Å². The second-order valence-electron chi connectivity index (χ2n) is 6.24. The minimum absolute atomic E-state index is 0.396. The van der Waals surface area contributed by atoms with E-state index in [-0.39, 0.29) is 0 Å². The Morgan fingerprint density at radius 3 is 1.38 bits per heavy atom. The molecule has 0 aromatic heterocycles. The summed E-state index contributed by atoms with van der Waals surface area (Å²) in [5.74, 6) is -1.09. The lowest BCUT2D eigenvalue weighted by Crippen LogP contribution is -2.18. The van der Waals surface area contributed by atoms with Crippen molar-refractivity contribution >= 4 is 5.97 Å². The van der Waals surface area contributed by atoms with Crippen LogP contribution in [0.15, 0.2) is 0 Å². The first-order valence-corrected chi connectivity index (χ1v) is 9.09. The van der Waals surface area contributed by atoms with Crippen molar-refractivity contribution in [3.05, 3.63) is 0 Å². The fourth-order valence-electron chi connectivity index (χ4n) is 2.66. The zero-order valence-corrected chi connectivity index (χ0v) is 14.0. The third-order valence-corrected chi connectivity index (χ3v) is 4.12. The van der Waals surface area contributed by atoms with Crippen molar-refractivity contribution in [2.24, 2.45) is 0 Å². The van der Waals surface area contributed by atoms with Crippen LogP contribution in [0.25, 0.3) is 0 Å². The van der Waals surface area contributed by atoms with Crippen LogP contribution in [-0.4, -0.2) is 22.3 Å². The highest BCUT2D eigenvalue weighted by molar-refractivity contribution is 5.71. The van der Waals surface area contributed by atoms with Crippen molar-refractivity contribution in [3.8, 4) is 0 Å². The Bertz CT molecular complexity index is 229. The molecule has 0 spiro atoms. The van der Waals surface area contributed by atoms with Gasteiger partial charge in [-0.2, -0.15) is 0 Å². The van der Waals surface area contributed by atoms with Gasteiger partial charge >= 0.3 is 5.97 Å². The molecule has 0 rings (SSSR count). The molecule has 0 aliphatic carbocycles. The number of carboxylic acid groups (broad SMARTS) is 1. The molecule has 0 saturated carbocycles. The first-order chi connectivity index (χ1) is 10.2. The minimum Gasteiger partial charge on any atom is -0.479 e. The summed E-state index contributed by atoms with van der Waals surface area (Å²) >= 11 is 0. The summed E-state index contributed by atoms with van der Waals surface area (Å²) in [6.07, 6.45) is 17.3. The van der Waals surface area contributed by atoms with E-state index in [1.807, 2.05) is 0 Å². The van der Waals surface area contributed by atoms with Gasteiger partial charge in [-0.05, 0) is 6.42 Å². The molecule has 0 radical (unpaired) electrons. The highest BCUT2D eigenvalue weighted by Gasteiger charge is 2.11. The number of rotatable bonds is 16. The molecular formula is C18H36O3. The summed E-state index contributed by atoms with van der Waals surface area (Å²) in [7, 11) is 0. The van der Waals surface area contributed by atoms with Gasteiger partial charge in [0.15, 0.2) is 6.10 Å². The molecule has 0 aliphatic rings. The molecule has 0 unspecified atom stereocenters. The summed E-state index contributed by atoms with van der Waals surface area (Å²) in [5.41, 5.74) is 0. The molecule has 3 heteroatoms. The molecule has 21 heavy (non-hydrogen) atoms. The van der Waals surface area contributed by atoms with Gasteiger partial charge in [-0.25, -0.2) is 4.79 Å². The SMILES string of the molecule is CCCCCCCCCCCCCCCC[C@H](O)C(=O)O. The maximum atomic E-state index is 10.4. The zero-order chi connectivity index (χ0) is 15.8. The second kappa shape index (κ2) is 15.8. The molecule has 126 valence electrons. The highest BCUT2D eigenvalue weighted by atomic mass is 16.4. The molecule has 2 N–H and O–H groups in total. The topological polar surface area (TPSA) is 57.5 Å². The standard InChI is InChI=1S/C18H36O3/c1-2-3-4-5-6-7-8-9-10-11-12-13-14-15-16-17(19)18(20)21/h17,19H,2-16H2,1H3,(H,20,21)/t17-/m0/s1. The first-order valence-electron chi connectivity index (χ1n) is 9.09. The van der Waals surface area contributed by atoms with E-state index < -0.39 is 12.1 Å². The number of hydrogen-bond donors (Lipinski definition) is 2. The molecule has 1 atom stereocenters. The smallest absolute Gasteiger partial charge is 0.332 e. The second-order valence-corrected chi connectivity index (χ2v) is 6.24. The number of unbranched alkanes of at least 4 members (excludes halogenated alkanes) is 13. The number of carboxylic acids is 1. The van der Waals surface area contributed by atoms with Crippen LogP contribution in [0.3, 0.4) is 0 Å². The number of aliphatic carboxylic acids is 1. The van der Waals surface area contributed by atoms with E-state index in [1.165, 1.54) is 77.0 Å². The van der Waals surface area contributed by atoms with Crippen LogP contribution in [0.2, 0.25) is 0 Å². The third-order valence-electron chi connectivity index (χ3n) is 4.12. The fraction of sp³-hybridized carbons (Fsp3) is 0.944. The van der Waals surface area contributed by atoms with E-state index >= 15 is 0 Å². The fourth-order valence-corrected chi connectivity index (χ4v) is 2.66. The lowest BCUT2D eigenvalue weighted by Gasteiger charge is -2.05. The number of aliphatic hydroxyl groups is 1. The van der Waals surface area contributed by atoms with E-state index in [2.05, 4.69) is 6.92 Å². The Hall–Kier alpha value is -0.570. The Morgan fingerprint density at radius 2 is 1.05 bits per heavy atom. The van der Waals surface area contributed by atoms with Gasteiger partial charge in [0.1, 0.15) is 0 Å². The van der Waals surface area contributed by atoms with E-state index in [0.717, 1.165) is 12.8 Å². The van der Waals surface area contributed by atoms with Crippen molar-refractivity contribution < 1.29 is 15.0 Å². The Balaban J connectivity index is 3.04. The number of carbonyl (C=O) groups is 1. The number of aliphatic hydroxyl groups excluding tert-OH is 1. The maximum absolute atomic E-state index is 10.4. The van der Waals surface area contributed by atoms with Gasteiger partial charge in [0.25, 0.3) is 0 Å². The van der Waals surface area contributed by atoms with Crippen LogP contribution >= 0.6 is 0 Å². The van der Waals surface area contributed by atoms with Crippen LogP contribution < -0.4 is 0 Å². The van der Waals surface area contributed by atoms with Crippen LogP contribution in [0.5, 0.6) is 0 Å². The quantitative estimate of drug-likeness (QED) is 0.380. The summed E-state index contributed by atoms with van der Waals surface area (Å²) in [6, 6.07) is 0. The van der Waals surface area contributed by atoms with Gasteiger partial charge in [0.05, 0.1) is 0 Å². The van der Waals surface area contributed by atoms with Crippen molar-refractivity contribution in [3.63, 3.8) is 0 Å². The normalized spacial score (nSPS) is 12.5. The van der Waals surface area contributed by atoms with Gasteiger partial charge in [0.2, 0.25) is 0 Å². The molecule has 0 amide bonds. The van der Waals surface area contributed by atoms with Gasteiger partial charge in [-0.1, -0.05) is 96.8 Å². The summed E-state index contributed by atoms with van der Waals surface area (Å²) < 4.78 is 0. The Kier molecular flexibility index (Phi) is 15.4. The molecular weight excluding hydrogens is 264 g/mol. The minimum atomic E-state index is -1.16. The lowest BCUT2D eigenvalue weighted by atomic mass is 10.0. The van der Waals surface area contributed by atoms with E-state index in [4.69, 9.17) is 10.2 Å². The molecule has 0 aliphatic heterocycles.